The monoisotopic (exact) mass is 270 g/mol. The Labute approximate surface area is 119 Å². The van der Waals surface area contributed by atoms with Crippen LogP contribution in [-0.4, -0.2) is 40.0 Å². The first-order valence-electron chi connectivity index (χ1n) is 7.73. The SMILES string of the molecule is CN1C2CCCC1CC(Nc1nc3ccccc3[nH]1)C2. The van der Waals surface area contributed by atoms with Gasteiger partial charge >= 0.3 is 0 Å². The highest BCUT2D eigenvalue weighted by Crippen LogP contribution is 2.33. The average Bonchev–Trinajstić information content (AvgIpc) is 2.82. The van der Waals surface area contributed by atoms with Crippen molar-refractivity contribution in [3.63, 3.8) is 0 Å². The molecule has 2 bridgehead atoms. The smallest absolute Gasteiger partial charge is 0.201 e. The Hall–Kier alpha value is -1.55. The van der Waals surface area contributed by atoms with Crippen molar-refractivity contribution in [3.05, 3.63) is 24.3 Å². The van der Waals surface area contributed by atoms with Gasteiger partial charge in [0.15, 0.2) is 0 Å². The van der Waals surface area contributed by atoms with E-state index in [2.05, 4.69) is 39.4 Å². The minimum atomic E-state index is 0.557. The Morgan fingerprint density at radius 3 is 2.70 bits per heavy atom. The van der Waals surface area contributed by atoms with Gasteiger partial charge in [0, 0.05) is 18.1 Å². The molecule has 2 aliphatic heterocycles. The lowest BCUT2D eigenvalue weighted by Gasteiger charge is -2.47. The summed E-state index contributed by atoms with van der Waals surface area (Å²) in [5.74, 6) is 0.929. The number of piperidine rings is 2. The van der Waals surface area contributed by atoms with Gasteiger partial charge in [-0.05, 0) is 44.9 Å². The fourth-order valence-electron chi connectivity index (χ4n) is 3.95. The standard InChI is InChI=1S/C16H22N4/c1-20-12-5-4-6-13(20)10-11(9-12)17-16-18-14-7-2-3-8-15(14)19-16/h2-3,7-8,11-13H,4-6,9-10H2,1H3,(H2,17,18,19). The lowest BCUT2D eigenvalue weighted by atomic mass is 9.82. The van der Waals surface area contributed by atoms with Gasteiger partial charge in [0.2, 0.25) is 5.95 Å². The van der Waals surface area contributed by atoms with Gasteiger partial charge in [0.25, 0.3) is 0 Å². The van der Waals surface area contributed by atoms with E-state index in [0.29, 0.717) is 6.04 Å². The first kappa shape index (κ1) is 12.2. The second kappa shape index (κ2) is 4.77. The molecule has 0 aliphatic carbocycles. The van der Waals surface area contributed by atoms with Crippen LogP contribution in [0.5, 0.6) is 0 Å². The minimum absolute atomic E-state index is 0.557. The second-order valence-electron chi connectivity index (χ2n) is 6.32. The van der Waals surface area contributed by atoms with E-state index in [4.69, 9.17) is 0 Å². The molecule has 0 saturated carbocycles. The molecule has 0 radical (unpaired) electrons. The summed E-state index contributed by atoms with van der Waals surface area (Å²) in [7, 11) is 2.30. The van der Waals surface area contributed by atoms with Crippen LogP contribution in [0.1, 0.15) is 32.1 Å². The van der Waals surface area contributed by atoms with Crippen LogP contribution in [0, 0.1) is 0 Å². The number of anilines is 1. The topological polar surface area (TPSA) is 44.0 Å². The number of fused-ring (bicyclic) bond motifs is 3. The lowest BCUT2D eigenvalue weighted by Crippen LogP contribution is -2.52. The first-order chi connectivity index (χ1) is 9.79. The number of nitrogens with one attached hydrogen (secondary N) is 2. The molecule has 4 nitrogen and oxygen atoms in total. The molecule has 1 aromatic heterocycles. The van der Waals surface area contributed by atoms with Crippen molar-refractivity contribution in [1.82, 2.24) is 14.9 Å². The van der Waals surface area contributed by atoms with Crippen molar-refractivity contribution in [2.24, 2.45) is 0 Å². The molecular weight excluding hydrogens is 248 g/mol. The summed E-state index contributed by atoms with van der Waals surface area (Å²) < 4.78 is 0. The van der Waals surface area contributed by atoms with Crippen molar-refractivity contribution in [3.8, 4) is 0 Å². The fourth-order valence-corrected chi connectivity index (χ4v) is 3.95. The Bertz CT molecular complexity index is 558. The molecule has 3 heterocycles. The zero-order valence-electron chi connectivity index (χ0n) is 12.0. The summed E-state index contributed by atoms with van der Waals surface area (Å²) in [4.78, 5) is 10.6. The number of aromatic amines is 1. The molecule has 20 heavy (non-hydrogen) atoms. The highest BCUT2D eigenvalue weighted by molar-refractivity contribution is 5.77. The molecule has 2 saturated heterocycles. The van der Waals surface area contributed by atoms with E-state index in [9.17, 15) is 0 Å². The average molecular weight is 270 g/mol. The Morgan fingerprint density at radius 1 is 1.20 bits per heavy atom. The zero-order valence-corrected chi connectivity index (χ0v) is 12.0. The molecule has 1 aromatic carbocycles. The van der Waals surface area contributed by atoms with Crippen molar-refractivity contribution in [2.75, 3.05) is 12.4 Å². The Kier molecular flexibility index (Phi) is 2.91. The number of benzene rings is 1. The molecule has 4 heteroatoms. The normalized spacial score (nSPS) is 30.6. The molecule has 2 aromatic rings. The molecule has 4 rings (SSSR count). The fraction of sp³-hybridized carbons (Fsp3) is 0.562. The van der Waals surface area contributed by atoms with E-state index in [-0.39, 0.29) is 0 Å². The van der Waals surface area contributed by atoms with E-state index in [1.165, 1.54) is 32.1 Å². The predicted molar refractivity (Wildman–Crippen MR) is 81.9 cm³/mol. The highest BCUT2D eigenvalue weighted by Gasteiger charge is 2.36. The molecule has 2 N–H and O–H groups in total. The van der Waals surface area contributed by atoms with Crippen LogP contribution in [0.15, 0.2) is 24.3 Å². The number of para-hydroxylation sites is 2. The van der Waals surface area contributed by atoms with Gasteiger partial charge in [-0.25, -0.2) is 4.98 Å². The summed E-state index contributed by atoms with van der Waals surface area (Å²) in [6.07, 6.45) is 6.59. The lowest BCUT2D eigenvalue weighted by molar-refractivity contribution is 0.0607. The van der Waals surface area contributed by atoms with Gasteiger partial charge < -0.3 is 15.2 Å². The third-order valence-electron chi connectivity index (χ3n) is 5.07. The Balaban J connectivity index is 1.51. The molecule has 0 amide bonds. The van der Waals surface area contributed by atoms with Crippen LogP contribution in [0.2, 0.25) is 0 Å². The first-order valence-corrected chi connectivity index (χ1v) is 7.73. The van der Waals surface area contributed by atoms with E-state index >= 15 is 0 Å². The maximum Gasteiger partial charge on any atom is 0.201 e. The largest absolute Gasteiger partial charge is 0.353 e. The predicted octanol–water partition coefficient (Wildman–Crippen LogP) is 2.99. The molecule has 2 unspecified atom stereocenters. The molecule has 106 valence electrons. The highest BCUT2D eigenvalue weighted by atomic mass is 15.2. The minimum Gasteiger partial charge on any atom is -0.353 e. The summed E-state index contributed by atoms with van der Waals surface area (Å²) in [5, 5.41) is 3.63. The zero-order chi connectivity index (χ0) is 13.5. The number of imidazole rings is 1. The summed E-state index contributed by atoms with van der Waals surface area (Å²) >= 11 is 0. The number of aromatic nitrogens is 2. The quantitative estimate of drug-likeness (QED) is 0.881. The second-order valence-corrected chi connectivity index (χ2v) is 6.32. The Morgan fingerprint density at radius 2 is 1.95 bits per heavy atom. The maximum atomic E-state index is 4.64. The van der Waals surface area contributed by atoms with Gasteiger partial charge in [0.05, 0.1) is 11.0 Å². The van der Waals surface area contributed by atoms with Gasteiger partial charge in [-0.1, -0.05) is 18.6 Å². The molecule has 2 aliphatic rings. The number of hydrogen-bond acceptors (Lipinski definition) is 3. The van der Waals surface area contributed by atoms with Crippen LogP contribution >= 0.6 is 0 Å². The number of nitrogens with zero attached hydrogens (tertiary/aromatic N) is 2. The van der Waals surface area contributed by atoms with E-state index in [0.717, 1.165) is 29.1 Å². The van der Waals surface area contributed by atoms with Crippen LogP contribution in [0.3, 0.4) is 0 Å². The summed E-state index contributed by atoms with van der Waals surface area (Å²) in [6, 6.07) is 10.3. The third kappa shape index (κ3) is 2.08. The van der Waals surface area contributed by atoms with E-state index in [1.807, 2.05) is 12.1 Å². The maximum absolute atomic E-state index is 4.64. The van der Waals surface area contributed by atoms with Crippen molar-refractivity contribution in [1.29, 1.82) is 0 Å². The van der Waals surface area contributed by atoms with Crippen LogP contribution in [0.4, 0.5) is 5.95 Å². The summed E-state index contributed by atoms with van der Waals surface area (Å²) in [5.41, 5.74) is 2.16. The van der Waals surface area contributed by atoms with Crippen molar-refractivity contribution >= 4 is 17.0 Å². The van der Waals surface area contributed by atoms with Gasteiger partial charge in [-0.3, -0.25) is 0 Å². The van der Waals surface area contributed by atoms with Gasteiger partial charge in [0.1, 0.15) is 0 Å². The van der Waals surface area contributed by atoms with Gasteiger partial charge in [-0.15, -0.1) is 0 Å². The summed E-state index contributed by atoms with van der Waals surface area (Å²) in [6.45, 7) is 0. The van der Waals surface area contributed by atoms with E-state index in [1.54, 1.807) is 0 Å². The van der Waals surface area contributed by atoms with Gasteiger partial charge in [-0.2, -0.15) is 0 Å². The number of hydrogen-bond donors (Lipinski definition) is 2. The van der Waals surface area contributed by atoms with Crippen LogP contribution < -0.4 is 5.32 Å². The number of rotatable bonds is 2. The third-order valence-corrected chi connectivity index (χ3v) is 5.07. The van der Waals surface area contributed by atoms with Crippen LogP contribution in [0.25, 0.3) is 11.0 Å². The molecular formula is C16H22N4. The number of H-pyrrole nitrogens is 1. The van der Waals surface area contributed by atoms with Crippen LogP contribution in [-0.2, 0) is 0 Å². The molecule has 2 fully saturated rings. The van der Waals surface area contributed by atoms with Crippen molar-refractivity contribution in [2.45, 2.75) is 50.2 Å². The molecule has 0 spiro atoms. The van der Waals surface area contributed by atoms with Crippen molar-refractivity contribution < 1.29 is 0 Å². The van der Waals surface area contributed by atoms with E-state index < -0.39 is 0 Å². The molecule has 2 atom stereocenters.